The maximum atomic E-state index is 12.5. The molecule has 0 radical (unpaired) electrons. The second kappa shape index (κ2) is 10.3. The Morgan fingerprint density at radius 1 is 1.03 bits per heavy atom. The maximum absolute atomic E-state index is 12.5. The highest BCUT2D eigenvalue weighted by atomic mass is 79.9. The second-order valence-corrected chi connectivity index (χ2v) is 8.53. The summed E-state index contributed by atoms with van der Waals surface area (Å²) in [5.41, 5.74) is 8.41. The number of nitrogens with zero attached hydrogens (tertiary/aromatic N) is 2. The van der Waals surface area contributed by atoms with E-state index in [4.69, 9.17) is 4.74 Å². The summed E-state index contributed by atoms with van der Waals surface area (Å²) in [6.45, 7) is 4.41. The van der Waals surface area contributed by atoms with Gasteiger partial charge in [-0.25, -0.2) is 5.43 Å². The van der Waals surface area contributed by atoms with Gasteiger partial charge in [0.05, 0.1) is 11.4 Å². The Kier molecular flexibility index (Phi) is 7.00. The van der Waals surface area contributed by atoms with E-state index in [2.05, 4.69) is 67.8 Å². The molecule has 0 aliphatic carbocycles. The zero-order valence-electron chi connectivity index (χ0n) is 18.3. The summed E-state index contributed by atoms with van der Waals surface area (Å²) in [7, 11) is 0. The van der Waals surface area contributed by atoms with Gasteiger partial charge in [-0.1, -0.05) is 57.9 Å². The Morgan fingerprint density at radius 2 is 1.73 bits per heavy atom. The Morgan fingerprint density at radius 3 is 2.42 bits per heavy atom. The smallest absolute Gasteiger partial charge is 0.289 e. The third kappa shape index (κ3) is 5.96. The van der Waals surface area contributed by atoms with Crippen LogP contribution in [-0.4, -0.2) is 21.8 Å². The van der Waals surface area contributed by atoms with Gasteiger partial charge in [0.15, 0.2) is 0 Å². The minimum Gasteiger partial charge on any atom is -0.489 e. The predicted molar refractivity (Wildman–Crippen MR) is 133 cm³/mol. The first-order chi connectivity index (χ1) is 16.0. The molecule has 0 atom stereocenters. The van der Waals surface area contributed by atoms with Crippen LogP contribution < -0.4 is 10.2 Å². The largest absolute Gasteiger partial charge is 0.489 e. The summed E-state index contributed by atoms with van der Waals surface area (Å²) in [5.74, 6) is 0.411. The lowest BCUT2D eigenvalue weighted by Gasteiger charge is -2.07. The normalized spacial score (nSPS) is 11.3. The van der Waals surface area contributed by atoms with Gasteiger partial charge >= 0.3 is 0 Å². The summed E-state index contributed by atoms with van der Waals surface area (Å²) in [6, 6.07) is 25.3. The van der Waals surface area contributed by atoms with Gasteiger partial charge in [0.25, 0.3) is 5.91 Å². The highest BCUT2D eigenvalue weighted by Gasteiger charge is 2.11. The minimum atomic E-state index is -0.358. The number of halogens is 1. The number of hydrogen-bond donors (Lipinski definition) is 2. The molecule has 1 aromatic heterocycles. The summed E-state index contributed by atoms with van der Waals surface area (Å²) in [5, 5.41) is 11.2. The highest BCUT2D eigenvalue weighted by Crippen LogP contribution is 2.22. The summed E-state index contributed by atoms with van der Waals surface area (Å²) >= 11 is 3.40. The molecule has 0 bridgehead atoms. The summed E-state index contributed by atoms with van der Waals surface area (Å²) in [6.07, 6.45) is 0. The van der Waals surface area contributed by atoms with Crippen LogP contribution >= 0.6 is 15.9 Å². The van der Waals surface area contributed by atoms with E-state index in [1.807, 2.05) is 55.5 Å². The number of amides is 1. The Hall–Kier alpha value is -3.71. The molecule has 0 unspecified atom stereocenters. The molecule has 1 heterocycles. The van der Waals surface area contributed by atoms with Crippen LogP contribution in [0.4, 0.5) is 0 Å². The number of benzene rings is 3. The molecule has 2 N–H and O–H groups in total. The number of rotatable bonds is 7. The SMILES string of the molecule is C/C(=N\NC(=O)c1cc(-c2ccc(OCc3ccc(C)cc3)cc2)n[nH]1)c1ccc(Br)cc1. The van der Waals surface area contributed by atoms with Crippen molar-refractivity contribution in [2.24, 2.45) is 5.10 Å². The van der Waals surface area contributed by atoms with Crippen LogP contribution in [0.5, 0.6) is 5.75 Å². The number of nitrogens with one attached hydrogen (secondary N) is 2. The van der Waals surface area contributed by atoms with E-state index in [0.717, 1.165) is 26.9 Å². The van der Waals surface area contributed by atoms with Gasteiger partial charge in [0.1, 0.15) is 18.1 Å². The molecule has 6 nitrogen and oxygen atoms in total. The van der Waals surface area contributed by atoms with Gasteiger partial charge in [-0.3, -0.25) is 9.89 Å². The lowest BCUT2D eigenvalue weighted by molar-refractivity contribution is 0.0950. The number of H-pyrrole nitrogens is 1. The molecular formula is C26H23BrN4O2. The molecule has 7 heteroatoms. The van der Waals surface area contributed by atoms with E-state index in [-0.39, 0.29) is 5.91 Å². The molecule has 0 aliphatic heterocycles. The first-order valence-corrected chi connectivity index (χ1v) is 11.2. The molecule has 3 aromatic carbocycles. The van der Waals surface area contributed by atoms with Crippen LogP contribution in [-0.2, 0) is 6.61 Å². The van der Waals surface area contributed by atoms with Crippen LogP contribution in [0.2, 0.25) is 0 Å². The van der Waals surface area contributed by atoms with Crippen LogP contribution in [0.3, 0.4) is 0 Å². The fraction of sp³-hybridized carbons (Fsp3) is 0.115. The molecule has 1 amide bonds. The molecular weight excluding hydrogens is 480 g/mol. The highest BCUT2D eigenvalue weighted by molar-refractivity contribution is 9.10. The number of aryl methyl sites for hydroxylation is 1. The van der Waals surface area contributed by atoms with E-state index in [1.165, 1.54) is 5.56 Å². The van der Waals surface area contributed by atoms with Gasteiger partial charge in [0.2, 0.25) is 0 Å². The van der Waals surface area contributed by atoms with Crippen LogP contribution in [0.25, 0.3) is 11.3 Å². The van der Waals surface area contributed by atoms with Crippen molar-refractivity contribution < 1.29 is 9.53 Å². The number of ether oxygens (including phenoxy) is 1. The molecule has 0 fully saturated rings. The molecule has 166 valence electrons. The van der Waals surface area contributed by atoms with Crippen molar-refractivity contribution in [3.63, 3.8) is 0 Å². The number of hydrogen-bond acceptors (Lipinski definition) is 4. The lowest BCUT2D eigenvalue weighted by atomic mass is 10.1. The third-order valence-electron chi connectivity index (χ3n) is 5.09. The van der Waals surface area contributed by atoms with Crippen LogP contribution in [0, 0.1) is 6.92 Å². The van der Waals surface area contributed by atoms with E-state index < -0.39 is 0 Å². The summed E-state index contributed by atoms with van der Waals surface area (Å²) < 4.78 is 6.84. The molecule has 33 heavy (non-hydrogen) atoms. The molecule has 4 aromatic rings. The maximum Gasteiger partial charge on any atom is 0.289 e. The number of carbonyl (C=O) groups is 1. The zero-order chi connectivity index (χ0) is 23.2. The van der Waals surface area contributed by atoms with Crippen molar-refractivity contribution in [3.8, 4) is 17.0 Å². The second-order valence-electron chi connectivity index (χ2n) is 7.61. The van der Waals surface area contributed by atoms with Gasteiger partial charge in [0, 0.05) is 10.0 Å². The molecule has 0 spiro atoms. The predicted octanol–water partition coefficient (Wildman–Crippen LogP) is 5.88. The number of aromatic nitrogens is 2. The molecule has 0 aliphatic rings. The fourth-order valence-electron chi connectivity index (χ4n) is 3.11. The minimum absolute atomic E-state index is 0.331. The third-order valence-corrected chi connectivity index (χ3v) is 5.61. The Labute approximate surface area is 200 Å². The van der Waals surface area contributed by atoms with Crippen molar-refractivity contribution in [3.05, 3.63) is 106 Å². The topological polar surface area (TPSA) is 79.4 Å². The van der Waals surface area contributed by atoms with Crippen molar-refractivity contribution >= 4 is 27.5 Å². The lowest BCUT2D eigenvalue weighted by Crippen LogP contribution is -2.19. The van der Waals surface area contributed by atoms with Gasteiger partial charge in [-0.05, 0) is 67.4 Å². The summed E-state index contributed by atoms with van der Waals surface area (Å²) in [4.78, 5) is 12.5. The quantitative estimate of drug-likeness (QED) is 0.244. The first kappa shape index (κ1) is 22.5. The molecule has 0 saturated carbocycles. The standard InChI is InChI=1S/C26H23BrN4O2/c1-17-3-5-19(6-4-17)16-33-23-13-9-21(10-14-23)24-15-25(30-29-24)26(32)31-28-18(2)20-7-11-22(27)12-8-20/h3-15H,16H2,1-2H3,(H,29,30)(H,31,32)/b28-18+. The first-order valence-electron chi connectivity index (χ1n) is 10.4. The fourth-order valence-corrected chi connectivity index (χ4v) is 3.37. The van der Waals surface area contributed by atoms with Crippen molar-refractivity contribution in [2.45, 2.75) is 20.5 Å². The van der Waals surface area contributed by atoms with Crippen molar-refractivity contribution in [1.82, 2.24) is 15.6 Å². The Bertz CT molecular complexity index is 1260. The van der Waals surface area contributed by atoms with E-state index in [9.17, 15) is 4.79 Å². The Balaban J connectivity index is 1.36. The number of carbonyl (C=O) groups excluding carboxylic acids is 1. The molecule has 0 saturated heterocycles. The van der Waals surface area contributed by atoms with Crippen molar-refractivity contribution in [2.75, 3.05) is 0 Å². The van der Waals surface area contributed by atoms with E-state index in [1.54, 1.807) is 6.07 Å². The number of hydrazone groups is 1. The van der Waals surface area contributed by atoms with E-state index in [0.29, 0.717) is 23.7 Å². The van der Waals surface area contributed by atoms with Gasteiger partial charge in [-0.2, -0.15) is 10.2 Å². The monoisotopic (exact) mass is 502 g/mol. The number of aromatic amines is 1. The van der Waals surface area contributed by atoms with Gasteiger partial charge in [-0.15, -0.1) is 0 Å². The van der Waals surface area contributed by atoms with Gasteiger partial charge < -0.3 is 4.74 Å². The molecule has 4 rings (SSSR count). The van der Waals surface area contributed by atoms with E-state index >= 15 is 0 Å². The van der Waals surface area contributed by atoms with Crippen LogP contribution in [0.1, 0.15) is 34.1 Å². The average molecular weight is 503 g/mol. The zero-order valence-corrected chi connectivity index (χ0v) is 19.9. The van der Waals surface area contributed by atoms with Crippen LogP contribution in [0.15, 0.2) is 88.4 Å². The average Bonchev–Trinajstić information content (AvgIpc) is 3.33. The van der Waals surface area contributed by atoms with Crippen molar-refractivity contribution in [1.29, 1.82) is 0 Å².